The Balaban J connectivity index is 1.94. The Morgan fingerprint density at radius 3 is 2.70 bits per heavy atom. The molecule has 1 heterocycles. The maximum absolute atomic E-state index is 11.9. The molecule has 1 amide bonds. The number of rotatable bonds is 6. The van der Waals surface area contributed by atoms with Crippen LogP contribution >= 0.6 is 23.2 Å². The average Bonchev–Trinajstić information content (AvgIpc) is 2.49. The standard InChI is InChI=1S/C17H19Cl2N3O/c1-11(2)22-17(23)16-10-14(6-8-21-16)20-7-5-12-3-4-13(18)9-15(12)19/h3-4,6,8-11H,5,7H2,1-2H3,(H,20,21)(H,22,23). The van der Waals surface area contributed by atoms with E-state index in [4.69, 9.17) is 23.2 Å². The predicted octanol–water partition coefficient (Wildman–Crippen LogP) is 4.18. The van der Waals surface area contributed by atoms with E-state index in [2.05, 4.69) is 15.6 Å². The highest BCUT2D eigenvalue weighted by Gasteiger charge is 2.09. The van der Waals surface area contributed by atoms with Crippen LogP contribution in [0.1, 0.15) is 29.9 Å². The maximum atomic E-state index is 11.9. The number of amides is 1. The van der Waals surface area contributed by atoms with Gasteiger partial charge in [0, 0.05) is 34.5 Å². The molecule has 4 nitrogen and oxygen atoms in total. The lowest BCUT2D eigenvalue weighted by Gasteiger charge is -2.10. The zero-order chi connectivity index (χ0) is 16.8. The van der Waals surface area contributed by atoms with Gasteiger partial charge in [0.05, 0.1) is 0 Å². The number of hydrogen-bond donors (Lipinski definition) is 2. The normalized spacial score (nSPS) is 10.7. The first-order chi connectivity index (χ1) is 11.0. The second kappa shape index (κ2) is 8.18. The summed E-state index contributed by atoms with van der Waals surface area (Å²) in [6.45, 7) is 4.52. The van der Waals surface area contributed by atoms with Crippen molar-refractivity contribution in [2.45, 2.75) is 26.3 Å². The molecule has 2 rings (SSSR count). The van der Waals surface area contributed by atoms with Crippen molar-refractivity contribution in [2.24, 2.45) is 0 Å². The van der Waals surface area contributed by atoms with Crippen molar-refractivity contribution < 1.29 is 4.79 Å². The second-order valence-corrected chi connectivity index (χ2v) is 6.31. The molecule has 6 heteroatoms. The lowest BCUT2D eigenvalue weighted by atomic mass is 10.1. The summed E-state index contributed by atoms with van der Waals surface area (Å²) in [6.07, 6.45) is 2.37. The number of nitrogens with zero attached hydrogens (tertiary/aromatic N) is 1. The number of carbonyl (C=O) groups excluding carboxylic acids is 1. The Labute approximate surface area is 146 Å². The van der Waals surface area contributed by atoms with Gasteiger partial charge in [0.2, 0.25) is 0 Å². The minimum atomic E-state index is -0.176. The highest BCUT2D eigenvalue weighted by atomic mass is 35.5. The van der Waals surface area contributed by atoms with Gasteiger partial charge in [0.15, 0.2) is 0 Å². The number of pyridine rings is 1. The van der Waals surface area contributed by atoms with Crippen LogP contribution in [-0.4, -0.2) is 23.5 Å². The van der Waals surface area contributed by atoms with E-state index >= 15 is 0 Å². The van der Waals surface area contributed by atoms with Crippen molar-refractivity contribution in [3.63, 3.8) is 0 Å². The molecule has 0 saturated carbocycles. The van der Waals surface area contributed by atoms with Crippen molar-refractivity contribution in [2.75, 3.05) is 11.9 Å². The summed E-state index contributed by atoms with van der Waals surface area (Å²) < 4.78 is 0. The van der Waals surface area contributed by atoms with Gasteiger partial charge >= 0.3 is 0 Å². The zero-order valence-corrected chi connectivity index (χ0v) is 14.6. The van der Waals surface area contributed by atoms with Crippen LogP contribution in [-0.2, 0) is 6.42 Å². The van der Waals surface area contributed by atoms with E-state index in [-0.39, 0.29) is 11.9 Å². The minimum absolute atomic E-state index is 0.0768. The van der Waals surface area contributed by atoms with Crippen LogP contribution < -0.4 is 10.6 Å². The molecule has 1 aromatic heterocycles. The average molecular weight is 352 g/mol. The Kier molecular flexibility index (Phi) is 6.25. The highest BCUT2D eigenvalue weighted by Crippen LogP contribution is 2.21. The molecular formula is C17H19Cl2N3O. The topological polar surface area (TPSA) is 54.0 Å². The minimum Gasteiger partial charge on any atom is -0.385 e. The molecule has 0 spiro atoms. The number of anilines is 1. The molecule has 122 valence electrons. The maximum Gasteiger partial charge on any atom is 0.270 e. The monoisotopic (exact) mass is 351 g/mol. The number of nitrogens with one attached hydrogen (secondary N) is 2. The Morgan fingerprint density at radius 2 is 2.00 bits per heavy atom. The number of aromatic nitrogens is 1. The largest absolute Gasteiger partial charge is 0.385 e. The first kappa shape index (κ1) is 17.6. The van der Waals surface area contributed by atoms with Crippen LogP contribution in [0.3, 0.4) is 0 Å². The van der Waals surface area contributed by atoms with Gasteiger partial charge in [-0.2, -0.15) is 0 Å². The lowest BCUT2D eigenvalue weighted by Crippen LogP contribution is -2.30. The number of carbonyl (C=O) groups is 1. The third kappa shape index (κ3) is 5.41. The summed E-state index contributed by atoms with van der Waals surface area (Å²) in [5, 5.41) is 7.38. The predicted molar refractivity (Wildman–Crippen MR) is 95.5 cm³/mol. The molecule has 2 N–H and O–H groups in total. The van der Waals surface area contributed by atoms with E-state index < -0.39 is 0 Å². The molecular weight excluding hydrogens is 333 g/mol. The fraction of sp³-hybridized carbons (Fsp3) is 0.294. The molecule has 0 unspecified atom stereocenters. The summed E-state index contributed by atoms with van der Waals surface area (Å²) in [5.41, 5.74) is 2.27. The molecule has 0 aliphatic heterocycles. The first-order valence-electron chi connectivity index (χ1n) is 7.40. The van der Waals surface area contributed by atoms with Crippen molar-refractivity contribution >= 4 is 34.8 Å². The number of hydrogen-bond acceptors (Lipinski definition) is 3. The third-order valence-electron chi connectivity index (χ3n) is 3.15. The number of halogens is 2. The quantitative estimate of drug-likeness (QED) is 0.820. The van der Waals surface area contributed by atoms with Gasteiger partial charge in [-0.15, -0.1) is 0 Å². The van der Waals surface area contributed by atoms with Crippen molar-refractivity contribution in [3.05, 3.63) is 57.8 Å². The smallest absolute Gasteiger partial charge is 0.270 e. The van der Waals surface area contributed by atoms with Crippen LogP contribution in [0.25, 0.3) is 0 Å². The Bertz CT molecular complexity index is 689. The van der Waals surface area contributed by atoms with Gasteiger partial charge in [0.1, 0.15) is 5.69 Å². The van der Waals surface area contributed by atoms with E-state index in [1.165, 1.54) is 0 Å². The van der Waals surface area contributed by atoms with Crippen molar-refractivity contribution in [3.8, 4) is 0 Å². The van der Waals surface area contributed by atoms with Gasteiger partial charge in [-0.1, -0.05) is 29.3 Å². The molecule has 0 aliphatic rings. The van der Waals surface area contributed by atoms with Crippen molar-refractivity contribution in [1.82, 2.24) is 10.3 Å². The fourth-order valence-electron chi connectivity index (χ4n) is 2.07. The van der Waals surface area contributed by atoms with Gasteiger partial charge in [-0.3, -0.25) is 9.78 Å². The van der Waals surface area contributed by atoms with Crippen LogP contribution in [0, 0.1) is 0 Å². The molecule has 23 heavy (non-hydrogen) atoms. The van der Waals surface area contributed by atoms with Crippen LogP contribution in [0.15, 0.2) is 36.5 Å². The molecule has 0 fully saturated rings. The molecule has 0 aliphatic carbocycles. The summed E-state index contributed by atoms with van der Waals surface area (Å²) >= 11 is 12.0. The van der Waals surface area contributed by atoms with Gasteiger partial charge in [-0.25, -0.2) is 0 Å². The van der Waals surface area contributed by atoms with E-state index in [1.807, 2.05) is 32.0 Å². The van der Waals surface area contributed by atoms with Crippen LogP contribution in [0.4, 0.5) is 5.69 Å². The van der Waals surface area contributed by atoms with Gasteiger partial charge < -0.3 is 10.6 Å². The molecule has 1 aromatic carbocycles. The van der Waals surface area contributed by atoms with E-state index in [0.29, 0.717) is 22.3 Å². The summed E-state index contributed by atoms with van der Waals surface area (Å²) in [5.74, 6) is -0.176. The van der Waals surface area contributed by atoms with Crippen molar-refractivity contribution in [1.29, 1.82) is 0 Å². The number of benzene rings is 1. The van der Waals surface area contributed by atoms with E-state index in [9.17, 15) is 4.79 Å². The van der Waals surface area contributed by atoms with Crippen LogP contribution in [0.5, 0.6) is 0 Å². The van der Waals surface area contributed by atoms with E-state index in [1.54, 1.807) is 18.3 Å². The molecule has 0 saturated heterocycles. The molecule has 2 aromatic rings. The third-order valence-corrected chi connectivity index (χ3v) is 3.74. The molecule has 0 atom stereocenters. The first-order valence-corrected chi connectivity index (χ1v) is 8.16. The second-order valence-electron chi connectivity index (χ2n) is 5.47. The summed E-state index contributed by atoms with van der Waals surface area (Å²) in [4.78, 5) is 16.0. The van der Waals surface area contributed by atoms with E-state index in [0.717, 1.165) is 17.7 Å². The highest BCUT2D eigenvalue weighted by molar-refractivity contribution is 6.35. The Hall–Kier alpha value is -1.78. The lowest BCUT2D eigenvalue weighted by molar-refractivity contribution is 0.0938. The SMILES string of the molecule is CC(C)NC(=O)c1cc(NCCc2ccc(Cl)cc2Cl)ccn1. The summed E-state index contributed by atoms with van der Waals surface area (Å²) in [7, 11) is 0. The fourth-order valence-corrected chi connectivity index (χ4v) is 2.57. The molecule has 0 bridgehead atoms. The van der Waals surface area contributed by atoms with Crippen LogP contribution in [0.2, 0.25) is 10.0 Å². The molecule has 0 radical (unpaired) electrons. The van der Waals surface area contributed by atoms with Gasteiger partial charge in [-0.05, 0) is 50.1 Å². The zero-order valence-electron chi connectivity index (χ0n) is 13.1. The van der Waals surface area contributed by atoms with Gasteiger partial charge in [0.25, 0.3) is 5.91 Å². The Morgan fingerprint density at radius 1 is 1.22 bits per heavy atom. The summed E-state index contributed by atoms with van der Waals surface area (Å²) in [6, 6.07) is 9.12.